The van der Waals surface area contributed by atoms with Gasteiger partial charge in [-0.25, -0.2) is 0 Å². The molecule has 0 bridgehead atoms. The number of hydrogen-bond acceptors (Lipinski definition) is 5. The zero-order valence-electron chi connectivity index (χ0n) is 14.7. The summed E-state index contributed by atoms with van der Waals surface area (Å²) in [6.45, 7) is 6.49. The molecule has 0 amide bonds. The Labute approximate surface area is 151 Å². The second-order valence-electron chi connectivity index (χ2n) is 7.17. The summed E-state index contributed by atoms with van der Waals surface area (Å²) in [5.41, 5.74) is 4.15. The van der Waals surface area contributed by atoms with Gasteiger partial charge in [-0.2, -0.15) is 0 Å². The highest BCUT2D eigenvalue weighted by Crippen LogP contribution is 2.54. The summed E-state index contributed by atoms with van der Waals surface area (Å²) in [5, 5.41) is 10.1. The quantitative estimate of drug-likeness (QED) is 0.831. The maximum absolute atomic E-state index is 10.1. The van der Waals surface area contributed by atoms with Crippen molar-refractivity contribution in [2.45, 2.75) is 31.5 Å². The van der Waals surface area contributed by atoms with Crippen LogP contribution < -0.4 is 18.9 Å². The van der Waals surface area contributed by atoms with Crippen LogP contribution in [0.5, 0.6) is 28.7 Å². The van der Waals surface area contributed by atoms with E-state index in [2.05, 4.69) is 12.6 Å². The summed E-state index contributed by atoms with van der Waals surface area (Å²) < 4.78 is 23.4. The molecule has 3 aliphatic rings. The highest BCUT2D eigenvalue weighted by Gasteiger charge is 2.42. The number of rotatable bonds is 2. The molecule has 3 atom stereocenters. The molecule has 5 rings (SSSR count). The Morgan fingerprint density at radius 1 is 1.12 bits per heavy atom. The Balaban J connectivity index is 1.54. The lowest BCUT2D eigenvalue weighted by atomic mass is 9.88. The van der Waals surface area contributed by atoms with Gasteiger partial charge in [0.05, 0.1) is 19.6 Å². The lowest BCUT2D eigenvalue weighted by Crippen LogP contribution is -2.23. The van der Waals surface area contributed by atoms with E-state index in [1.807, 2.05) is 13.0 Å². The summed E-state index contributed by atoms with van der Waals surface area (Å²) in [7, 11) is 1.53. The molecule has 3 aliphatic heterocycles. The molecule has 0 aromatic heterocycles. The van der Waals surface area contributed by atoms with Crippen molar-refractivity contribution in [3.8, 4) is 28.7 Å². The van der Waals surface area contributed by atoms with Crippen LogP contribution in [0.3, 0.4) is 0 Å². The molecule has 0 saturated heterocycles. The van der Waals surface area contributed by atoms with E-state index in [1.165, 1.54) is 7.11 Å². The van der Waals surface area contributed by atoms with E-state index in [1.54, 1.807) is 12.1 Å². The highest BCUT2D eigenvalue weighted by molar-refractivity contribution is 5.58. The minimum absolute atomic E-state index is 0.0209. The summed E-state index contributed by atoms with van der Waals surface area (Å²) in [5.74, 6) is 2.99. The molecule has 5 heteroatoms. The summed E-state index contributed by atoms with van der Waals surface area (Å²) in [4.78, 5) is 0. The zero-order chi connectivity index (χ0) is 18.0. The molecule has 0 aliphatic carbocycles. The summed E-state index contributed by atoms with van der Waals surface area (Å²) in [6.07, 6.45) is 0.707. The molecule has 1 N–H and O–H groups in total. The molecule has 0 spiro atoms. The number of phenols is 1. The molecule has 0 radical (unpaired) electrons. The van der Waals surface area contributed by atoms with Crippen LogP contribution in [-0.4, -0.2) is 24.9 Å². The molecule has 134 valence electrons. The van der Waals surface area contributed by atoms with E-state index in [0.717, 1.165) is 45.9 Å². The monoisotopic (exact) mass is 352 g/mol. The summed E-state index contributed by atoms with van der Waals surface area (Å²) >= 11 is 0. The van der Waals surface area contributed by atoms with Gasteiger partial charge in [0.2, 0.25) is 0 Å². The lowest BCUT2D eigenvalue weighted by Gasteiger charge is -2.28. The normalized spacial score (nSPS) is 24.3. The second-order valence-corrected chi connectivity index (χ2v) is 7.17. The van der Waals surface area contributed by atoms with Gasteiger partial charge in [0, 0.05) is 29.7 Å². The molecule has 3 heterocycles. The van der Waals surface area contributed by atoms with Crippen molar-refractivity contribution in [3.63, 3.8) is 0 Å². The zero-order valence-corrected chi connectivity index (χ0v) is 14.7. The largest absolute Gasteiger partial charge is 0.504 e. The van der Waals surface area contributed by atoms with Gasteiger partial charge >= 0.3 is 0 Å². The van der Waals surface area contributed by atoms with Crippen LogP contribution in [0.1, 0.15) is 35.6 Å². The van der Waals surface area contributed by atoms with Gasteiger partial charge in [-0.3, -0.25) is 0 Å². The average Bonchev–Trinajstić information content (AvgIpc) is 3.19. The van der Waals surface area contributed by atoms with E-state index >= 15 is 0 Å². The first-order chi connectivity index (χ1) is 12.5. The average molecular weight is 352 g/mol. The molecule has 26 heavy (non-hydrogen) atoms. The Morgan fingerprint density at radius 3 is 2.73 bits per heavy atom. The van der Waals surface area contributed by atoms with Crippen LogP contribution in [0.15, 0.2) is 36.4 Å². The maximum atomic E-state index is 10.1. The fourth-order valence-electron chi connectivity index (χ4n) is 4.05. The van der Waals surface area contributed by atoms with Gasteiger partial charge in [0.15, 0.2) is 11.5 Å². The molecule has 5 nitrogen and oxygen atoms in total. The highest BCUT2D eigenvalue weighted by atomic mass is 16.5. The number of ether oxygens (including phenoxy) is 4. The van der Waals surface area contributed by atoms with Crippen LogP contribution >= 0.6 is 0 Å². The van der Waals surface area contributed by atoms with E-state index in [9.17, 15) is 5.11 Å². The minimum atomic E-state index is -0.130. The Kier molecular flexibility index (Phi) is 3.17. The fourth-order valence-corrected chi connectivity index (χ4v) is 4.05. The van der Waals surface area contributed by atoms with Crippen molar-refractivity contribution >= 4 is 0 Å². The van der Waals surface area contributed by atoms with Gasteiger partial charge in [0.1, 0.15) is 29.5 Å². The van der Waals surface area contributed by atoms with Crippen molar-refractivity contribution in [2.24, 2.45) is 0 Å². The van der Waals surface area contributed by atoms with Crippen molar-refractivity contribution in [1.82, 2.24) is 0 Å². The molecule has 0 fully saturated rings. The smallest absolute Gasteiger partial charge is 0.164 e. The van der Waals surface area contributed by atoms with Crippen LogP contribution in [0.2, 0.25) is 0 Å². The first-order valence-electron chi connectivity index (χ1n) is 8.74. The van der Waals surface area contributed by atoms with E-state index in [4.69, 9.17) is 18.9 Å². The van der Waals surface area contributed by atoms with E-state index in [0.29, 0.717) is 12.4 Å². The van der Waals surface area contributed by atoms with E-state index < -0.39 is 0 Å². The molecule has 3 unspecified atom stereocenters. The molecule has 0 saturated carbocycles. The van der Waals surface area contributed by atoms with Crippen LogP contribution in [0.25, 0.3) is 0 Å². The number of aromatic hydroxyl groups is 1. The van der Waals surface area contributed by atoms with Gasteiger partial charge < -0.3 is 24.1 Å². The predicted molar refractivity (Wildman–Crippen MR) is 95.6 cm³/mol. The first kappa shape index (κ1) is 15.4. The van der Waals surface area contributed by atoms with E-state index in [-0.39, 0.29) is 23.9 Å². The van der Waals surface area contributed by atoms with Gasteiger partial charge in [-0.15, -0.1) is 0 Å². The second kappa shape index (κ2) is 5.34. The lowest BCUT2D eigenvalue weighted by molar-refractivity contribution is 0.139. The Hall–Kier alpha value is -2.82. The van der Waals surface area contributed by atoms with Crippen LogP contribution in [-0.2, 0) is 6.42 Å². The minimum Gasteiger partial charge on any atom is -0.504 e. The van der Waals surface area contributed by atoms with Crippen LogP contribution in [0, 0.1) is 0 Å². The Morgan fingerprint density at radius 2 is 1.96 bits per heavy atom. The fraction of sp³-hybridized carbons (Fsp3) is 0.333. The molecule has 2 aromatic rings. The maximum Gasteiger partial charge on any atom is 0.164 e. The summed E-state index contributed by atoms with van der Waals surface area (Å²) in [6, 6.07) is 7.57. The standard InChI is InChI=1S/C21H20O5/c1-10(2)16-5-11-4-13-18(7-17(11)25-16)24-9-14-12-6-15(22)20(23-3)8-19(12)26-21(13)14/h4,6-8,14,16,21-22H,1,5,9H2,2-3H3. The van der Waals surface area contributed by atoms with Gasteiger partial charge in [-0.1, -0.05) is 6.58 Å². The molecule has 2 aromatic carbocycles. The number of hydrogen-bond donors (Lipinski definition) is 1. The van der Waals surface area contributed by atoms with Gasteiger partial charge in [0.25, 0.3) is 0 Å². The third-order valence-corrected chi connectivity index (χ3v) is 5.47. The SMILES string of the molecule is C=C(C)C1Cc2cc3c(cc2O1)OCC1c2cc(O)c(OC)cc2OC31. The third-order valence-electron chi connectivity index (χ3n) is 5.47. The Bertz CT molecular complexity index is 932. The van der Waals surface area contributed by atoms with Crippen molar-refractivity contribution in [2.75, 3.05) is 13.7 Å². The number of benzene rings is 2. The molecular weight excluding hydrogens is 332 g/mol. The van der Waals surface area contributed by atoms with Crippen molar-refractivity contribution in [3.05, 3.63) is 53.1 Å². The van der Waals surface area contributed by atoms with Gasteiger partial charge in [-0.05, 0) is 30.2 Å². The van der Waals surface area contributed by atoms with Crippen molar-refractivity contribution < 1.29 is 24.1 Å². The van der Waals surface area contributed by atoms with Crippen molar-refractivity contribution in [1.29, 1.82) is 0 Å². The number of fused-ring (bicyclic) bond motifs is 6. The predicted octanol–water partition coefficient (Wildman–Crippen LogP) is 3.89. The first-order valence-corrected chi connectivity index (χ1v) is 8.74. The number of phenolic OH excluding ortho intramolecular Hbond substituents is 1. The number of methoxy groups -OCH3 is 1. The third kappa shape index (κ3) is 2.09. The molecular formula is C21H20O5. The van der Waals surface area contributed by atoms with Crippen LogP contribution in [0.4, 0.5) is 0 Å². The topological polar surface area (TPSA) is 57.2 Å².